The third-order valence-electron chi connectivity index (χ3n) is 3.15. The van der Waals surface area contributed by atoms with Gasteiger partial charge in [0.05, 0.1) is 6.04 Å². The Balaban J connectivity index is 2.39. The predicted molar refractivity (Wildman–Crippen MR) is 80.3 cm³/mol. The summed E-state index contributed by atoms with van der Waals surface area (Å²) in [5, 5.41) is 5.57. The zero-order valence-corrected chi connectivity index (χ0v) is 12.5. The molecule has 1 aromatic heterocycles. The molecule has 1 heterocycles. The normalized spacial score (nSPS) is 12.6. The van der Waals surface area contributed by atoms with Gasteiger partial charge in [-0.3, -0.25) is 0 Å². The molecule has 0 aliphatic carbocycles. The van der Waals surface area contributed by atoms with Crippen LogP contribution < -0.4 is 5.32 Å². The average Bonchev–Trinajstić information content (AvgIpc) is 2.80. The Morgan fingerprint density at radius 1 is 1.26 bits per heavy atom. The van der Waals surface area contributed by atoms with Gasteiger partial charge < -0.3 is 5.32 Å². The second-order valence-electron chi connectivity index (χ2n) is 4.90. The van der Waals surface area contributed by atoms with Gasteiger partial charge in [0.2, 0.25) is 0 Å². The molecule has 0 amide bonds. The molecule has 0 bridgehead atoms. The number of benzene rings is 1. The van der Waals surface area contributed by atoms with Crippen molar-refractivity contribution in [3.8, 4) is 0 Å². The lowest BCUT2D eigenvalue weighted by atomic mass is 9.98. The van der Waals surface area contributed by atoms with E-state index >= 15 is 0 Å². The molecule has 102 valence electrons. The minimum atomic E-state index is -0.136. The molecule has 0 fully saturated rings. The fraction of sp³-hybridized carbons (Fsp3) is 0.375. The van der Waals surface area contributed by atoms with Gasteiger partial charge in [-0.1, -0.05) is 24.6 Å². The maximum Gasteiger partial charge on any atom is 0.128 e. The quantitative estimate of drug-likeness (QED) is 0.842. The summed E-state index contributed by atoms with van der Waals surface area (Å²) in [6, 6.07) is 7.40. The van der Waals surface area contributed by atoms with Gasteiger partial charge >= 0.3 is 0 Å². The highest BCUT2D eigenvalue weighted by Gasteiger charge is 2.18. The summed E-state index contributed by atoms with van der Waals surface area (Å²) < 4.78 is 14.1. The van der Waals surface area contributed by atoms with Crippen molar-refractivity contribution in [1.82, 2.24) is 5.32 Å². The van der Waals surface area contributed by atoms with E-state index in [0.717, 1.165) is 29.7 Å². The van der Waals surface area contributed by atoms with Gasteiger partial charge in [-0.15, -0.1) is 11.3 Å². The molecule has 1 unspecified atom stereocenters. The van der Waals surface area contributed by atoms with Crippen LogP contribution in [0.4, 0.5) is 4.39 Å². The molecule has 1 N–H and O–H groups in total. The highest BCUT2D eigenvalue weighted by molar-refractivity contribution is 7.10. The zero-order chi connectivity index (χ0) is 13.8. The molecule has 0 radical (unpaired) electrons. The van der Waals surface area contributed by atoms with Crippen molar-refractivity contribution in [2.45, 2.75) is 33.2 Å². The van der Waals surface area contributed by atoms with Gasteiger partial charge in [-0.25, -0.2) is 4.39 Å². The lowest BCUT2D eigenvalue weighted by Crippen LogP contribution is -2.23. The van der Waals surface area contributed by atoms with Gasteiger partial charge in [0, 0.05) is 10.4 Å². The minimum absolute atomic E-state index is 0.0511. The van der Waals surface area contributed by atoms with E-state index in [1.54, 1.807) is 17.4 Å². The third-order valence-corrected chi connectivity index (χ3v) is 4.02. The molecule has 0 saturated heterocycles. The maximum atomic E-state index is 14.1. The first-order valence-corrected chi connectivity index (χ1v) is 7.54. The largest absolute Gasteiger partial charge is 0.306 e. The Labute approximate surface area is 118 Å². The summed E-state index contributed by atoms with van der Waals surface area (Å²) in [6.45, 7) is 7.08. The number of thiophene rings is 1. The van der Waals surface area contributed by atoms with Crippen molar-refractivity contribution in [1.29, 1.82) is 0 Å². The van der Waals surface area contributed by atoms with E-state index in [9.17, 15) is 4.39 Å². The van der Waals surface area contributed by atoms with E-state index < -0.39 is 0 Å². The molecule has 2 rings (SSSR count). The first-order chi connectivity index (χ1) is 9.11. The van der Waals surface area contributed by atoms with Crippen molar-refractivity contribution in [2.24, 2.45) is 0 Å². The fourth-order valence-corrected chi connectivity index (χ4v) is 2.93. The van der Waals surface area contributed by atoms with E-state index in [1.807, 2.05) is 19.1 Å². The van der Waals surface area contributed by atoms with E-state index in [1.165, 1.54) is 4.88 Å². The summed E-state index contributed by atoms with van der Waals surface area (Å²) in [7, 11) is 0. The Bertz CT molecular complexity index is 547. The third kappa shape index (κ3) is 3.43. The topological polar surface area (TPSA) is 12.0 Å². The predicted octanol–water partition coefficient (Wildman–Crippen LogP) is 4.59. The molecule has 1 atom stereocenters. The molecule has 0 saturated carbocycles. The lowest BCUT2D eigenvalue weighted by molar-refractivity contribution is 0.547. The maximum absolute atomic E-state index is 14.1. The smallest absolute Gasteiger partial charge is 0.128 e. The number of halogens is 1. The second kappa shape index (κ2) is 6.31. The summed E-state index contributed by atoms with van der Waals surface area (Å²) in [6.07, 6.45) is 1.03. The highest BCUT2D eigenvalue weighted by Crippen LogP contribution is 2.28. The van der Waals surface area contributed by atoms with E-state index in [-0.39, 0.29) is 11.9 Å². The van der Waals surface area contributed by atoms with Crippen LogP contribution in [-0.2, 0) is 0 Å². The molecule has 2 aromatic rings. The van der Waals surface area contributed by atoms with Crippen LogP contribution in [-0.4, -0.2) is 6.54 Å². The first-order valence-electron chi connectivity index (χ1n) is 6.66. The van der Waals surface area contributed by atoms with Gasteiger partial charge in [0.25, 0.3) is 0 Å². The first kappa shape index (κ1) is 14.2. The van der Waals surface area contributed by atoms with Crippen LogP contribution in [0.2, 0.25) is 0 Å². The van der Waals surface area contributed by atoms with Crippen molar-refractivity contribution in [3.63, 3.8) is 0 Å². The summed E-state index contributed by atoms with van der Waals surface area (Å²) >= 11 is 1.71. The lowest BCUT2D eigenvalue weighted by Gasteiger charge is -2.19. The number of rotatable bonds is 5. The average molecular weight is 277 g/mol. The van der Waals surface area contributed by atoms with E-state index in [2.05, 4.69) is 30.6 Å². The number of hydrogen-bond acceptors (Lipinski definition) is 2. The Morgan fingerprint density at radius 2 is 2.05 bits per heavy atom. The van der Waals surface area contributed by atoms with Crippen molar-refractivity contribution in [2.75, 3.05) is 6.54 Å². The van der Waals surface area contributed by atoms with Gasteiger partial charge in [0.1, 0.15) is 5.82 Å². The van der Waals surface area contributed by atoms with Crippen molar-refractivity contribution >= 4 is 11.3 Å². The van der Waals surface area contributed by atoms with Crippen molar-refractivity contribution < 1.29 is 4.39 Å². The summed E-state index contributed by atoms with van der Waals surface area (Å²) in [4.78, 5) is 1.26. The molecule has 19 heavy (non-hydrogen) atoms. The van der Waals surface area contributed by atoms with Crippen LogP contribution in [0.1, 0.15) is 41.0 Å². The van der Waals surface area contributed by atoms with Gasteiger partial charge in [0.15, 0.2) is 0 Å². The van der Waals surface area contributed by atoms with E-state index in [0.29, 0.717) is 0 Å². The molecular formula is C16H20FNS. The molecule has 0 aliphatic rings. The van der Waals surface area contributed by atoms with Crippen LogP contribution in [0.15, 0.2) is 29.6 Å². The second-order valence-corrected chi connectivity index (χ2v) is 6.02. The fourth-order valence-electron chi connectivity index (χ4n) is 2.20. The molecule has 1 aromatic carbocycles. The van der Waals surface area contributed by atoms with Crippen LogP contribution in [0, 0.1) is 19.7 Å². The molecule has 0 aliphatic heterocycles. The Hall–Kier alpha value is -1.19. The molecule has 0 spiro atoms. The molecular weight excluding hydrogens is 257 g/mol. The monoisotopic (exact) mass is 277 g/mol. The number of nitrogens with one attached hydrogen (secondary N) is 1. The van der Waals surface area contributed by atoms with Crippen LogP contribution in [0.25, 0.3) is 0 Å². The SMILES string of the molecule is CCCNC(c1csc(C)c1)c1cc(C)ccc1F. The number of aryl methyl sites for hydroxylation is 2. The Kier molecular flexibility index (Phi) is 4.72. The Morgan fingerprint density at radius 3 is 2.68 bits per heavy atom. The van der Waals surface area contributed by atoms with Crippen LogP contribution in [0.3, 0.4) is 0 Å². The summed E-state index contributed by atoms with van der Waals surface area (Å²) in [5.74, 6) is -0.136. The van der Waals surface area contributed by atoms with Crippen molar-refractivity contribution in [3.05, 3.63) is 57.0 Å². The minimum Gasteiger partial charge on any atom is -0.306 e. The molecule has 1 nitrogen and oxygen atoms in total. The van der Waals surface area contributed by atoms with Gasteiger partial charge in [-0.05, 0) is 49.9 Å². The molecule has 3 heteroatoms. The van der Waals surface area contributed by atoms with E-state index in [4.69, 9.17) is 0 Å². The van der Waals surface area contributed by atoms with Gasteiger partial charge in [-0.2, -0.15) is 0 Å². The highest BCUT2D eigenvalue weighted by atomic mass is 32.1. The standard InChI is InChI=1S/C16H20FNS/c1-4-7-18-16(13-9-12(3)19-10-13)14-8-11(2)5-6-15(14)17/h5-6,8-10,16,18H,4,7H2,1-3H3. The zero-order valence-electron chi connectivity index (χ0n) is 11.7. The summed E-state index contributed by atoms with van der Waals surface area (Å²) in [5.41, 5.74) is 2.98. The number of hydrogen-bond donors (Lipinski definition) is 1. The van der Waals surface area contributed by atoms with Crippen LogP contribution in [0.5, 0.6) is 0 Å². The van der Waals surface area contributed by atoms with Crippen LogP contribution >= 0.6 is 11.3 Å².